The van der Waals surface area contributed by atoms with E-state index >= 15 is 4.39 Å². The number of benzene rings is 2. The van der Waals surface area contributed by atoms with Crippen molar-refractivity contribution < 1.29 is 40.3 Å². The largest absolute Gasteiger partial charge is 0.475 e. The van der Waals surface area contributed by atoms with Crippen LogP contribution in [0.25, 0.3) is 0 Å². The number of carbonyl (C=O) groups is 1. The highest BCUT2D eigenvalue weighted by Crippen LogP contribution is 2.49. The van der Waals surface area contributed by atoms with Crippen LogP contribution in [0.5, 0.6) is 0 Å². The van der Waals surface area contributed by atoms with Gasteiger partial charge in [0.25, 0.3) is 5.90 Å². The molecular weight excluding hydrogens is 575 g/mol. The van der Waals surface area contributed by atoms with Crippen LogP contribution < -0.4 is 0 Å². The SMILES string of the molecule is CS(=O)(=O)CC(=O)N1CC(F)(c2ccc(C3=NOC(c4cc(Cl)c(Cl)c(Cl)c4)(C(F)(F)F)O3)cc2)C1. The predicted molar refractivity (Wildman–Crippen MR) is 123 cm³/mol. The van der Waals surface area contributed by atoms with Crippen molar-refractivity contribution in [3.05, 3.63) is 68.2 Å². The number of alkyl halides is 4. The standard InChI is InChI=1S/C21H15Cl3F4N2O5S/c1-36(32,33)8-16(31)30-9-19(25,10-30)12-4-2-11(3-5-12)18-29-35-20(34-18,21(26,27)28)13-6-14(22)17(24)15(23)7-13/h2-7H,8-10H2,1H3. The molecule has 194 valence electrons. The fourth-order valence-electron chi connectivity index (χ4n) is 3.67. The summed E-state index contributed by atoms with van der Waals surface area (Å²) in [6.45, 7) is -0.729. The summed E-state index contributed by atoms with van der Waals surface area (Å²) in [5.74, 6) is -5.34. The minimum absolute atomic E-state index is 0.0453. The Bertz CT molecular complexity index is 1340. The molecule has 0 saturated carbocycles. The van der Waals surface area contributed by atoms with Crippen molar-refractivity contribution in [3.63, 3.8) is 0 Å². The minimum Gasteiger partial charge on any atom is -0.419 e. The van der Waals surface area contributed by atoms with Crippen LogP contribution >= 0.6 is 34.8 Å². The van der Waals surface area contributed by atoms with E-state index in [2.05, 4.69) is 5.16 Å². The van der Waals surface area contributed by atoms with Crippen LogP contribution in [0.2, 0.25) is 15.1 Å². The number of carbonyl (C=O) groups excluding carboxylic acids is 1. The number of oxime groups is 1. The van der Waals surface area contributed by atoms with Gasteiger partial charge in [0, 0.05) is 11.8 Å². The van der Waals surface area contributed by atoms with Crippen LogP contribution in [0.4, 0.5) is 17.6 Å². The quantitative estimate of drug-likeness (QED) is 0.369. The van der Waals surface area contributed by atoms with Crippen LogP contribution in [0.3, 0.4) is 0 Å². The van der Waals surface area contributed by atoms with E-state index in [1.165, 1.54) is 24.3 Å². The van der Waals surface area contributed by atoms with Gasteiger partial charge in [0.2, 0.25) is 5.91 Å². The lowest BCUT2D eigenvalue weighted by Crippen LogP contribution is -2.59. The number of likely N-dealkylation sites (tertiary alicyclic amines) is 1. The lowest BCUT2D eigenvalue weighted by Gasteiger charge is -2.44. The molecule has 0 aromatic heterocycles. The van der Waals surface area contributed by atoms with E-state index in [1.54, 1.807) is 0 Å². The van der Waals surface area contributed by atoms with E-state index in [0.717, 1.165) is 23.3 Å². The highest BCUT2D eigenvalue weighted by Gasteiger charge is 2.66. The number of hydrogen-bond donors (Lipinski definition) is 0. The summed E-state index contributed by atoms with van der Waals surface area (Å²) >= 11 is 17.6. The molecule has 1 saturated heterocycles. The molecule has 0 spiro atoms. The highest BCUT2D eigenvalue weighted by molar-refractivity contribution is 7.91. The molecule has 2 aliphatic rings. The maximum Gasteiger partial charge on any atom is 0.475 e. The van der Waals surface area contributed by atoms with Crippen molar-refractivity contribution in [2.24, 2.45) is 5.16 Å². The second-order valence-electron chi connectivity index (χ2n) is 8.32. The summed E-state index contributed by atoms with van der Waals surface area (Å²) in [4.78, 5) is 17.7. The maximum absolute atomic E-state index is 15.2. The average molecular weight is 590 g/mol. The first kappa shape index (κ1) is 26.8. The van der Waals surface area contributed by atoms with Crippen molar-refractivity contribution in [2.45, 2.75) is 17.6 Å². The lowest BCUT2D eigenvalue weighted by atomic mass is 9.87. The average Bonchev–Trinajstić information content (AvgIpc) is 3.21. The Labute approximate surface area is 217 Å². The Kier molecular flexibility index (Phi) is 6.64. The van der Waals surface area contributed by atoms with Gasteiger partial charge in [-0.3, -0.25) is 4.79 Å². The van der Waals surface area contributed by atoms with E-state index in [0.29, 0.717) is 0 Å². The summed E-state index contributed by atoms with van der Waals surface area (Å²) < 4.78 is 85.1. The van der Waals surface area contributed by atoms with Gasteiger partial charge in [0.15, 0.2) is 15.5 Å². The van der Waals surface area contributed by atoms with Gasteiger partial charge in [-0.15, -0.1) is 0 Å². The monoisotopic (exact) mass is 588 g/mol. The van der Waals surface area contributed by atoms with Gasteiger partial charge in [-0.1, -0.05) is 46.9 Å². The van der Waals surface area contributed by atoms with E-state index in [1.807, 2.05) is 0 Å². The van der Waals surface area contributed by atoms with E-state index < -0.39 is 50.6 Å². The highest BCUT2D eigenvalue weighted by atomic mass is 35.5. The summed E-state index contributed by atoms with van der Waals surface area (Å²) in [5.41, 5.74) is -2.37. The second-order valence-corrected chi connectivity index (χ2v) is 11.7. The molecule has 2 aliphatic heterocycles. The first-order valence-electron chi connectivity index (χ1n) is 9.97. The van der Waals surface area contributed by atoms with Gasteiger partial charge in [-0.25, -0.2) is 12.8 Å². The molecule has 2 aromatic rings. The number of sulfone groups is 1. The molecule has 7 nitrogen and oxygen atoms in total. The molecule has 4 rings (SSSR count). The Hall–Kier alpha value is -2.28. The summed E-state index contributed by atoms with van der Waals surface area (Å²) in [5, 5.41) is 2.76. The molecule has 1 unspecified atom stereocenters. The molecule has 0 N–H and O–H groups in total. The molecule has 36 heavy (non-hydrogen) atoms. The van der Waals surface area contributed by atoms with Gasteiger partial charge in [-0.05, 0) is 35.0 Å². The molecular formula is C21H15Cl3F4N2O5S. The van der Waals surface area contributed by atoms with Crippen LogP contribution in [0, 0.1) is 0 Å². The number of rotatable bonds is 5. The van der Waals surface area contributed by atoms with Crippen LogP contribution in [0.15, 0.2) is 41.6 Å². The summed E-state index contributed by atoms with van der Waals surface area (Å²) in [7, 11) is -3.56. The van der Waals surface area contributed by atoms with Gasteiger partial charge in [0.05, 0.1) is 33.7 Å². The Balaban J connectivity index is 1.52. The van der Waals surface area contributed by atoms with Crippen molar-refractivity contribution in [1.82, 2.24) is 4.90 Å². The number of hydrogen-bond acceptors (Lipinski definition) is 6. The molecule has 1 amide bonds. The van der Waals surface area contributed by atoms with Gasteiger partial charge >= 0.3 is 12.0 Å². The third-order valence-corrected chi connectivity index (χ3v) is 7.47. The van der Waals surface area contributed by atoms with Crippen LogP contribution in [-0.2, 0) is 35.7 Å². The Morgan fingerprint density at radius 1 is 1.08 bits per heavy atom. The van der Waals surface area contributed by atoms with Crippen molar-refractivity contribution in [2.75, 3.05) is 25.1 Å². The molecule has 1 atom stereocenters. The van der Waals surface area contributed by atoms with Crippen LogP contribution in [0.1, 0.15) is 16.7 Å². The van der Waals surface area contributed by atoms with Gasteiger partial charge in [-0.2, -0.15) is 13.2 Å². The molecule has 0 bridgehead atoms. The van der Waals surface area contributed by atoms with E-state index in [-0.39, 0.29) is 39.3 Å². The first-order chi connectivity index (χ1) is 16.5. The molecule has 0 aliphatic carbocycles. The smallest absolute Gasteiger partial charge is 0.419 e. The molecule has 0 radical (unpaired) electrons. The number of nitrogens with zero attached hydrogens (tertiary/aromatic N) is 2. The zero-order valence-corrected chi connectivity index (χ0v) is 21.2. The minimum atomic E-state index is -5.12. The fraction of sp³-hybridized carbons (Fsp3) is 0.333. The number of ether oxygens (including phenoxy) is 1. The zero-order valence-electron chi connectivity index (χ0n) is 18.1. The number of halogens is 7. The van der Waals surface area contributed by atoms with Crippen molar-refractivity contribution in [1.29, 1.82) is 0 Å². The zero-order chi connectivity index (χ0) is 26.7. The number of amides is 1. The van der Waals surface area contributed by atoms with Crippen molar-refractivity contribution >= 4 is 56.4 Å². The normalized spacial score (nSPS) is 21.3. The van der Waals surface area contributed by atoms with E-state index in [4.69, 9.17) is 44.4 Å². The fourth-order valence-corrected chi connectivity index (χ4v) is 4.89. The third-order valence-electron chi connectivity index (χ3n) is 5.51. The molecule has 2 aromatic carbocycles. The topological polar surface area (TPSA) is 85.3 Å². The molecule has 2 heterocycles. The Morgan fingerprint density at radius 2 is 1.64 bits per heavy atom. The predicted octanol–water partition coefficient (Wildman–Crippen LogP) is 4.82. The molecule has 1 fully saturated rings. The Morgan fingerprint density at radius 3 is 2.14 bits per heavy atom. The lowest BCUT2D eigenvalue weighted by molar-refractivity contribution is -0.352. The third kappa shape index (κ3) is 4.83. The summed E-state index contributed by atoms with van der Waals surface area (Å²) in [6.07, 6.45) is -4.22. The van der Waals surface area contributed by atoms with Crippen LogP contribution in [-0.4, -0.2) is 56.4 Å². The first-order valence-corrected chi connectivity index (χ1v) is 13.2. The van der Waals surface area contributed by atoms with Gasteiger partial charge < -0.3 is 14.5 Å². The maximum atomic E-state index is 15.2. The van der Waals surface area contributed by atoms with E-state index in [9.17, 15) is 26.4 Å². The molecule has 15 heteroatoms. The van der Waals surface area contributed by atoms with Crippen molar-refractivity contribution in [3.8, 4) is 0 Å². The second kappa shape index (κ2) is 8.93. The summed E-state index contributed by atoms with van der Waals surface area (Å²) in [6, 6.07) is 6.92. The van der Waals surface area contributed by atoms with Gasteiger partial charge in [0.1, 0.15) is 5.75 Å².